The SMILES string of the molecule is CC(C)(CCNC(=O)CCCCCN)CCC(=O)O. The van der Waals surface area contributed by atoms with Gasteiger partial charge in [-0.3, -0.25) is 9.59 Å². The van der Waals surface area contributed by atoms with Crippen LogP contribution in [0.15, 0.2) is 0 Å². The number of rotatable bonds is 11. The molecular formula is C14H28N2O3. The van der Waals surface area contributed by atoms with E-state index >= 15 is 0 Å². The maximum Gasteiger partial charge on any atom is 0.303 e. The van der Waals surface area contributed by atoms with Crippen LogP contribution in [0.1, 0.15) is 58.8 Å². The van der Waals surface area contributed by atoms with Gasteiger partial charge in [-0.25, -0.2) is 0 Å². The Morgan fingerprint density at radius 3 is 2.37 bits per heavy atom. The van der Waals surface area contributed by atoms with Crippen LogP contribution in [0.2, 0.25) is 0 Å². The van der Waals surface area contributed by atoms with Crippen molar-refractivity contribution in [1.29, 1.82) is 0 Å². The molecule has 112 valence electrons. The van der Waals surface area contributed by atoms with Crippen molar-refractivity contribution >= 4 is 11.9 Å². The molecule has 0 aliphatic heterocycles. The topological polar surface area (TPSA) is 92.4 Å². The van der Waals surface area contributed by atoms with E-state index in [0.717, 1.165) is 25.7 Å². The van der Waals surface area contributed by atoms with Crippen molar-refractivity contribution in [1.82, 2.24) is 5.32 Å². The number of carbonyl (C=O) groups is 2. The summed E-state index contributed by atoms with van der Waals surface area (Å²) < 4.78 is 0. The van der Waals surface area contributed by atoms with Gasteiger partial charge in [-0.05, 0) is 37.6 Å². The number of carboxylic acid groups (broad SMARTS) is 1. The minimum Gasteiger partial charge on any atom is -0.481 e. The Kier molecular flexibility index (Phi) is 9.21. The number of nitrogens with one attached hydrogen (secondary N) is 1. The molecule has 0 rings (SSSR count). The molecule has 0 unspecified atom stereocenters. The van der Waals surface area contributed by atoms with Gasteiger partial charge in [-0.2, -0.15) is 0 Å². The van der Waals surface area contributed by atoms with Crippen LogP contribution < -0.4 is 11.1 Å². The summed E-state index contributed by atoms with van der Waals surface area (Å²) in [7, 11) is 0. The zero-order valence-corrected chi connectivity index (χ0v) is 12.2. The molecule has 0 aromatic carbocycles. The Balaban J connectivity index is 3.64. The van der Waals surface area contributed by atoms with Gasteiger partial charge in [0.05, 0.1) is 0 Å². The van der Waals surface area contributed by atoms with Gasteiger partial charge in [0.1, 0.15) is 0 Å². The molecule has 0 saturated heterocycles. The largest absolute Gasteiger partial charge is 0.481 e. The molecule has 0 spiro atoms. The predicted molar refractivity (Wildman–Crippen MR) is 75.8 cm³/mol. The summed E-state index contributed by atoms with van der Waals surface area (Å²) in [6.45, 7) is 5.36. The Hall–Kier alpha value is -1.10. The van der Waals surface area contributed by atoms with E-state index in [1.807, 2.05) is 13.8 Å². The van der Waals surface area contributed by atoms with Crippen molar-refractivity contribution in [3.63, 3.8) is 0 Å². The van der Waals surface area contributed by atoms with Gasteiger partial charge < -0.3 is 16.2 Å². The van der Waals surface area contributed by atoms with E-state index in [2.05, 4.69) is 5.32 Å². The molecule has 0 aliphatic rings. The first-order valence-corrected chi connectivity index (χ1v) is 7.06. The number of carboxylic acids is 1. The van der Waals surface area contributed by atoms with Gasteiger partial charge in [0.15, 0.2) is 0 Å². The Morgan fingerprint density at radius 1 is 1.11 bits per heavy atom. The second kappa shape index (κ2) is 9.78. The summed E-state index contributed by atoms with van der Waals surface area (Å²) in [4.78, 5) is 22.0. The fourth-order valence-corrected chi connectivity index (χ4v) is 1.81. The fourth-order valence-electron chi connectivity index (χ4n) is 1.81. The van der Waals surface area contributed by atoms with E-state index in [4.69, 9.17) is 10.8 Å². The lowest BCUT2D eigenvalue weighted by Gasteiger charge is -2.23. The highest BCUT2D eigenvalue weighted by Gasteiger charge is 2.19. The highest BCUT2D eigenvalue weighted by atomic mass is 16.4. The second-order valence-electron chi connectivity index (χ2n) is 5.76. The lowest BCUT2D eigenvalue weighted by atomic mass is 9.84. The van der Waals surface area contributed by atoms with E-state index in [9.17, 15) is 9.59 Å². The smallest absolute Gasteiger partial charge is 0.303 e. The van der Waals surface area contributed by atoms with Crippen LogP contribution >= 0.6 is 0 Å². The zero-order valence-electron chi connectivity index (χ0n) is 12.2. The maximum absolute atomic E-state index is 11.5. The van der Waals surface area contributed by atoms with E-state index in [1.54, 1.807) is 0 Å². The molecule has 0 radical (unpaired) electrons. The van der Waals surface area contributed by atoms with Crippen molar-refractivity contribution in [2.45, 2.75) is 58.8 Å². The molecule has 0 saturated carbocycles. The molecule has 0 fully saturated rings. The number of nitrogens with two attached hydrogens (primary N) is 1. The number of unbranched alkanes of at least 4 members (excludes halogenated alkanes) is 2. The van der Waals surface area contributed by atoms with Crippen LogP contribution in [0.5, 0.6) is 0 Å². The summed E-state index contributed by atoms with van der Waals surface area (Å²) in [6, 6.07) is 0. The van der Waals surface area contributed by atoms with Crippen LogP contribution in [0.25, 0.3) is 0 Å². The van der Waals surface area contributed by atoms with E-state index in [-0.39, 0.29) is 17.7 Å². The molecule has 1 amide bonds. The fraction of sp³-hybridized carbons (Fsp3) is 0.857. The summed E-state index contributed by atoms with van der Waals surface area (Å²) in [6.07, 6.45) is 5.01. The van der Waals surface area contributed by atoms with Crippen molar-refractivity contribution in [2.24, 2.45) is 11.1 Å². The Morgan fingerprint density at radius 2 is 1.79 bits per heavy atom. The normalized spacial score (nSPS) is 11.3. The number of amides is 1. The molecule has 19 heavy (non-hydrogen) atoms. The van der Waals surface area contributed by atoms with Crippen LogP contribution in [0, 0.1) is 5.41 Å². The average Bonchev–Trinajstić information content (AvgIpc) is 2.32. The molecule has 0 heterocycles. The van der Waals surface area contributed by atoms with E-state index in [0.29, 0.717) is 25.9 Å². The van der Waals surface area contributed by atoms with Crippen LogP contribution in [0.4, 0.5) is 0 Å². The molecule has 4 N–H and O–H groups in total. The third kappa shape index (κ3) is 11.7. The van der Waals surface area contributed by atoms with E-state index < -0.39 is 5.97 Å². The molecular weight excluding hydrogens is 244 g/mol. The maximum atomic E-state index is 11.5. The Bertz CT molecular complexity index is 278. The number of carbonyl (C=O) groups excluding carboxylic acids is 1. The minimum atomic E-state index is -0.767. The zero-order chi connectivity index (χ0) is 14.7. The van der Waals surface area contributed by atoms with Gasteiger partial charge >= 0.3 is 5.97 Å². The average molecular weight is 272 g/mol. The van der Waals surface area contributed by atoms with Gasteiger partial charge in [0.2, 0.25) is 5.91 Å². The highest BCUT2D eigenvalue weighted by Crippen LogP contribution is 2.25. The second-order valence-corrected chi connectivity index (χ2v) is 5.76. The first-order chi connectivity index (χ1) is 8.87. The molecule has 5 heteroatoms. The molecule has 0 aliphatic carbocycles. The number of hydrogen-bond donors (Lipinski definition) is 3. The van der Waals surface area contributed by atoms with Gasteiger partial charge in [-0.1, -0.05) is 20.3 Å². The van der Waals surface area contributed by atoms with Crippen molar-refractivity contribution < 1.29 is 14.7 Å². The first kappa shape index (κ1) is 17.9. The van der Waals surface area contributed by atoms with Crippen LogP contribution in [-0.2, 0) is 9.59 Å². The molecule has 0 bridgehead atoms. The van der Waals surface area contributed by atoms with Gasteiger partial charge in [0.25, 0.3) is 0 Å². The summed E-state index contributed by atoms with van der Waals surface area (Å²) in [5.41, 5.74) is 5.33. The molecule has 0 aromatic rings. The lowest BCUT2D eigenvalue weighted by Crippen LogP contribution is -2.28. The monoisotopic (exact) mass is 272 g/mol. The summed E-state index contributed by atoms with van der Waals surface area (Å²) in [5, 5.41) is 11.5. The quantitative estimate of drug-likeness (QED) is 0.501. The van der Waals surface area contributed by atoms with Crippen molar-refractivity contribution in [2.75, 3.05) is 13.1 Å². The lowest BCUT2D eigenvalue weighted by molar-refractivity contribution is -0.137. The summed E-state index contributed by atoms with van der Waals surface area (Å²) >= 11 is 0. The molecule has 0 aromatic heterocycles. The third-order valence-corrected chi connectivity index (χ3v) is 3.25. The summed E-state index contributed by atoms with van der Waals surface area (Å²) in [5.74, 6) is -0.692. The minimum absolute atomic E-state index is 0.0504. The van der Waals surface area contributed by atoms with Crippen molar-refractivity contribution in [3.05, 3.63) is 0 Å². The first-order valence-electron chi connectivity index (χ1n) is 7.06. The third-order valence-electron chi connectivity index (χ3n) is 3.25. The predicted octanol–water partition coefficient (Wildman–Crippen LogP) is 1.90. The molecule has 0 atom stereocenters. The number of hydrogen-bond acceptors (Lipinski definition) is 3. The van der Waals surface area contributed by atoms with Crippen molar-refractivity contribution in [3.8, 4) is 0 Å². The van der Waals surface area contributed by atoms with Crippen LogP contribution in [0.3, 0.4) is 0 Å². The highest BCUT2D eigenvalue weighted by molar-refractivity contribution is 5.75. The van der Waals surface area contributed by atoms with Crippen LogP contribution in [-0.4, -0.2) is 30.1 Å². The number of aliphatic carboxylic acids is 1. The molecule has 5 nitrogen and oxygen atoms in total. The standard InChI is InChI=1S/C14H28N2O3/c1-14(2,8-7-13(18)19)9-11-16-12(17)6-4-3-5-10-15/h3-11,15H2,1-2H3,(H,16,17)(H,18,19). The van der Waals surface area contributed by atoms with Gasteiger partial charge in [0, 0.05) is 19.4 Å². The van der Waals surface area contributed by atoms with Gasteiger partial charge in [-0.15, -0.1) is 0 Å². The Labute approximate surface area is 115 Å². The van der Waals surface area contributed by atoms with E-state index in [1.165, 1.54) is 0 Å².